The number of aromatic nitrogens is 5. The summed E-state index contributed by atoms with van der Waals surface area (Å²) in [5.41, 5.74) is 3.42. The Kier molecular flexibility index (Phi) is 11.7. The van der Waals surface area contributed by atoms with E-state index in [1.807, 2.05) is 49.8 Å². The van der Waals surface area contributed by atoms with Crippen LogP contribution in [0.15, 0.2) is 82.7 Å². The van der Waals surface area contributed by atoms with E-state index in [9.17, 15) is 27.2 Å². The van der Waals surface area contributed by atoms with Gasteiger partial charge in [-0.25, -0.2) is 8.96 Å². The number of nitrogens with zero attached hydrogens (tertiary/aromatic N) is 7. The standard InChI is InChI=1S/C42H46F4N7O3S/c1-41(2,39(55)56-4)51-22-20-50(21-23-51)26-37-49(3)48-36(53(37)24-28-8-12-30(13-9-28)31-14-16-32(17-15-31)42(44,45)46)25-52-35-7-5-6-34(35)38(54)47-40(52)57-27-29-10-18-33(43)19-11-29/h8-19H,5-7,20-27H2,1-4H3/q+1. The first-order valence-corrected chi connectivity index (χ1v) is 20.0. The van der Waals surface area contributed by atoms with Crippen molar-refractivity contribution in [2.45, 2.75) is 75.4 Å². The average Bonchev–Trinajstić information content (AvgIpc) is 3.81. The summed E-state index contributed by atoms with van der Waals surface area (Å²) in [6.07, 6.45) is -2.13. The molecule has 2 aliphatic rings. The number of benzene rings is 3. The second kappa shape index (κ2) is 16.5. The van der Waals surface area contributed by atoms with Gasteiger partial charge in [0, 0.05) is 48.3 Å². The van der Waals surface area contributed by atoms with E-state index >= 15 is 0 Å². The summed E-state index contributed by atoms with van der Waals surface area (Å²) in [6.45, 7) is 8.00. The van der Waals surface area contributed by atoms with E-state index in [2.05, 4.69) is 23.9 Å². The normalized spacial score (nSPS) is 15.2. The molecule has 0 unspecified atom stereocenters. The minimum Gasteiger partial charge on any atom is -0.468 e. The maximum absolute atomic E-state index is 13.7. The first kappa shape index (κ1) is 40.3. The van der Waals surface area contributed by atoms with Crippen molar-refractivity contribution in [2.24, 2.45) is 7.05 Å². The zero-order valence-corrected chi connectivity index (χ0v) is 33.3. The van der Waals surface area contributed by atoms with Crippen molar-refractivity contribution < 1.29 is 31.7 Å². The van der Waals surface area contributed by atoms with Crippen LogP contribution in [0.2, 0.25) is 0 Å². The SMILES string of the molecule is COC(=O)C(C)(C)N1CCN(Cc2n(C)nc(Cn3c(SCc4ccc(F)cc4)nc(=O)c4c3CCC4)[n+]2Cc2ccc(-c3ccc(C(F)(F)F)cc3)cc2)CC1. The van der Waals surface area contributed by atoms with Gasteiger partial charge in [-0.15, -0.1) is 4.68 Å². The fraction of sp³-hybridized carbons (Fsp3) is 0.405. The van der Waals surface area contributed by atoms with Gasteiger partial charge in [-0.3, -0.25) is 19.4 Å². The molecule has 57 heavy (non-hydrogen) atoms. The van der Waals surface area contributed by atoms with E-state index in [1.165, 1.54) is 43.1 Å². The monoisotopic (exact) mass is 804 g/mol. The Morgan fingerprint density at radius 3 is 2.14 bits per heavy atom. The molecule has 0 N–H and O–H groups in total. The van der Waals surface area contributed by atoms with E-state index in [4.69, 9.17) is 9.84 Å². The molecular weight excluding hydrogens is 759 g/mol. The molecule has 0 radical (unpaired) electrons. The Morgan fingerprint density at radius 2 is 1.51 bits per heavy atom. The van der Waals surface area contributed by atoms with Crippen LogP contribution in [0.1, 0.15) is 59.9 Å². The number of carbonyl (C=O) groups is 1. The summed E-state index contributed by atoms with van der Waals surface area (Å²) in [5, 5.41) is 5.66. The van der Waals surface area contributed by atoms with Crippen molar-refractivity contribution in [1.29, 1.82) is 0 Å². The molecule has 5 aromatic rings. The number of thioether (sulfide) groups is 1. The summed E-state index contributed by atoms with van der Waals surface area (Å²) < 4.78 is 64.6. The minimum atomic E-state index is -4.40. The molecule has 0 atom stereocenters. The van der Waals surface area contributed by atoms with Crippen molar-refractivity contribution in [2.75, 3.05) is 33.3 Å². The van der Waals surface area contributed by atoms with Crippen LogP contribution >= 0.6 is 11.8 Å². The van der Waals surface area contributed by atoms with Gasteiger partial charge >= 0.3 is 12.1 Å². The van der Waals surface area contributed by atoms with Gasteiger partial charge in [-0.1, -0.05) is 60.3 Å². The summed E-state index contributed by atoms with van der Waals surface area (Å²) in [5.74, 6) is 1.65. The molecule has 1 aliphatic carbocycles. The third-order valence-electron chi connectivity index (χ3n) is 11.1. The topological polar surface area (TPSA) is 89.4 Å². The van der Waals surface area contributed by atoms with Crippen LogP contribution in [-0.4, -0.2) is 73.9 Å². The van der Waals surface area contributed by atoms with Crippen LogP contribution in [0.25, 0.3) is 11.1 Å². The van der Waals surface area contributed by atoms with Crippen molar-refractivity contribution in [3.8, 4) is 11.1 Å². The second-order valence-corrected chi connectivity index (χ2v) is 16.1. The number of fused-ring (bicyclic) bond motifs is 1. The Bertz CT molecular complexity index is 2280. The third-order valence-corrected chi connectivity index (χ3v) is 12.1. The fourth-order valence-corrected chi connectivity index (χ4v) is 8.67. The number of ether oxygens (including phenoxy) is 1. The largest absolute Gasteiger partial charge is 0.468 e. The van der Waals surface area contributed by atoms with E-state index < -0.39 is 17.3 Å². The number of alkyl halides is 3. The molecule has 0 bridgehead atoms. The lowest BCUT2D eigenvalue weighted by Gasteiger charge is -2.41. The number of carbonyl (C=O) groups excluding carboxylic acids is 1. The molecule has 2 aromatic heterocycles. The van der Waals surface area contributed by atoms with Gasteiger partial charge in [0.05, 0.1) is 32.8 Å². The number of rotatable bonds is 12. The maximum Gasteiger partial charge on any atom is 0.416 e. The van der Waals surface area contributed by atoms with Crippen LogP contribution in [0.4, 0.5) is 17.6 Å². The lowest BCUT2D eigenvalue weighted by molar-refractivity contribution is -0.704. The van der Waals surface area contributed by atoms with Gasteiger partial charge in [0.25, 0.3) is 11.4 Å². The molecule has 0 saturated carbocycles. The summed E-state index contributed by atoms with van der Waals surface area (Å²) >= 11 is 1.44. The smallest absolute Gasteiger partial charge is 0.416 e. The molecule has 10 nitrogen and oxygen atoms in total. The molecule has 0 spiro atoms. The number of aryl methyl sites for hydroxylation is 1. The second-order valence-electron chi connectivity index (χ2n) is 15.1. The van der Waals surface area contributed by atoms with Crippen molar-refractivity contribution in [1.82, 2.24) is 29.1 Å². The lowest BCUT2D eigenvalue weighted by Crippen LogP contribution is -2.58. The van der Waals surface area contributed by atoms with Crippen LogP contribution < -0.4 is 10.1 Å². The first-order valence-electron chi connectivity index (χ1n) is 19.0. The van der Waals surface area contributed by atoms with E-state index in [0.29, 0.717) is 55.6 Å². The van der Waals surface area contributed by atoms with E-state index in [1.54, 1.807) is 12.1 Å². The third kappa shape index (κ3) is 8.85. The highest BCUT2D eigenvalue weighted by molar-refractivity contribution is 7.98. The number of halogens is 4. The first-order chi connectivity index (χ1) is 27.2. The van der Waals surface area contributed by atoms with E-state index in [-0.39, 0.29) is 17.3 Å². The van der Waals surface area contributed by atoms with Gasteiger partial charge in [0.1, 0.15) is 17.9 Å². The highest BCUT2D eigenvalue weighted by Crippen LogP contribution is 2.31. The molecule has 7 rings (SSSR count). The maximum atomic E-state index is 13.7. The molecule has 1 saturated heterocycles. The highest BCUT2D eigenvalue weighted by atomic mass is 32.2. The molecule has 1 aliphatic heterocycles. The van der Waals surface area contributed by atoms with Crippen LogP contribution in [-0.2, 0) is 61.0 Å². The van der Waals surface area contributed by atoms with E-state index in [0.717, 1.165) is 77.7 Å². The Hall–Kier alpha value is -4.86. The summed E-state index contributed by atoms with van der Waals surface area (Å²) in [6, 6.07) is 19.3. The fourth-order valence-electron chi connectivity index (χ4n) is 7.71. The highest BCUT2D eigenvalue weighted by Gasteiger charge is 2.38. The molecule has 0 amide bonds. The Morgan fingerprint density at radius 1 is 0.877 bits per heavy atom. The molecule has 15 heteroatoms. The van der Waals surface area contributed by atoms with Crippen molar-refractivity contribution in [3.05, 3.63) is 129 Å². The number of hydrogen-bond donors (Lipinski definition) is 0. The number of methoxy groups -OCH3 is 1. The lowest BCUT2D eigenvalue weighted by atomic mass is 10.0. The number of piperazine rings is 1. The number of esters is 1. The van der Waals surface area contributed by atoms with Gasteiger partial charge in [-0.2, -0.15) is 18.2 Å². The zero-order chi connectivity index (χ0) is 40.5. The average molecular weight is 805 g/mol. The van der Waals surface area contributed by atoms with Gasteiger partial charge in [0.15, 0.2) is 5.16 Å². The molecular formula is C42H46F4N7O3S+. The predicted molar refractivity (Wildman–Crippen MR) is 208 cm³/mol. The molecule has 1 fully saturated rings. The van der Waals surface area contributed by atoms with Gasteiger partial charge < -0.3 is 9.30 Å². The van der Waals surface area contributed by atoms with Crippen molar-refractivity contribution in [3.63, 3.8) is 0 Å². The van der Waals surface area contributed by atoms with Crippen LogP contribution in [0, 0.1) is 5.82 Å². The number of hydrogen-bond acceptors (Lipinski definition) is 8. The quantitative estimate of drug-likeness (QED) is 0.0497. The van der Waals surface area contributed by atoms with Gasteiger partial charge in [0.2, 0.25) is 5.82 Å². The summed E-state index contributed by atoms with van der Waals surface area (Å²) in [7, 11) is 3.34. The zero-order valence-electron chi connectivity index (χ0n) is 32.5. The van der Waals surface area contributed by atoms with Gasteiger partial charge in [-0.05, 0) is 79.6 Å². The van der Waals surface area contributed by atoms with Crippen LogP contribution in [0.5, 0.6) is 0 Å². The minimum absolute atomic E-state index is 0.211. The van der Waals surface area contributed by atoms with Crippen molar-refractivity contribution >= 4 is 17.7 Å². The Balaban J connectivity index is 1.20. The Labute approximate surface area is 333 Å². The molecule has 3 aromatic carbocycles. The summed E-state index contributed by atoms with van der Waals surface area (Å²) in [4.78, 5) is 34.8. The predicted octanol–water partition coefficient (Wildman–Crippen LogP) is 6.04. The molecule has 3 heterocycles. The van der Waals surface area contributed by atoms with Crippen LogP contribution in [0.3, 0.4) is 0 Å². The molecule has 300 valence electrons.